The van der Waals surface area contributed by atoms with E-state index in [2.05, 4.69) is 15.3 Å². The number of aliphatic hydroxyl groups is 2. The standard InChI is InChI=1S/C10H14N4O3/c15-7-4-14(5-8(7)16)6-9(17)13-10-11-2-1-3-12-10/h1-3,7-8,15-16H,4-6H2,(H,11,12,13,17). The highest BCUT2D eigenvalue weighted by Crippen LogP contribution is 2.09. The molecular formula is C10H14N4O3. The molecule has 7 nitrogen and oxygen atoms in total. The van der Waals surface area contributed by atoms with Gasteiger partial charge in [-0.05, 0) is 6.07 Å². The average molecular weight is 238 g/mol. The monoisotopic (exact) mass is 238 g/mol. The van der Waals surface area contributed by atoms with E-state index in [-0.39, 0.29) is 18.4 Å². The Hall–Kier alpha value is -1.57. The number of aromatic nitrogens is 2. The molecule has 1 aromatic heterocycles. The van der Waals surface area contributed by atoms with Crippen LogP contribution in [0.15, 0.2) is 18.5 Å². The highest BCUT2D eigenvalue weighted by Gasteiger charge is 2.30. The fourth-order valence-corrected chi connectivity index (χ4v) is 1.71. The Morgan fingerprint density at radius 2 is 1.94 bits per heavy atom. The molecule has 92 valence electrons. The Morgan fingerprint density at radius 1 is 1.35 bits per heavy atom. The minimum absolute atomic E-state index is 0.104. The van der Waals surface area contributed by atoms with Crippen molar-refractivity contribution in [2.45, 2.75) is 12.2 Å². The molecule has 1 aliphatic rings. The van der Waals surface area contributed by atoms with Crippen molar-refractivity contribution in [1.82, 2.24) is 14.9 Å². The third-order valence-electron chi connectivity index (χ3n) is 2.52. The Morgan fingerprint density at radius 3 is 2.53 bits per heavy atom. The van der Waals surface area contributed by atoms with Crippen molar-refractivity contribution in [3.63, 3.8) is 0 Å². The zero-order valence-electron chi connectivity index (χ0n) is 9.15. The zero-order valence-corrected chi connectivity index (χ0v) is 9.15. The molecule has 0 aliphatic carbocycles. The molecule has 0 aromatic carbocycles. The van der Waals surface area contributed by atoms with Gasteiger partial charge in [-0.2, -0.15) is 0 Å². The van der Waals surface area contributed by atoms with Crippen molar-refractivity contribution in [3.05, 3.63) is 18.5 Å². The maximum Gasteiger partial charge on any atom is 0.240 e. The lowest BCUT2D eigenvalue weighted by atomic mass is 10.3. The number of carbonyl (C=O) groups excluding carboxylic acids is 1. The Balaban J connectivity index is 1.82. The van der Waals surface area contributed by atoms with Gasteiger partial charge in [-0.15, -0.1) is 0 Å². The van der Waals surface area contributed by atoms with E-state index in [1.807, 2.05) is 0 Å². The molecule has 1 saturated heterocycles. The lowest BCUT2D eigenvalue weighted by molar-refractivity contribution is -0.117. The number of anilines is 1. The molecule has 0 bridgehead atoms. The van der Waals surface area contributed by atoms with Gasteiger partial charge in [0, 0.05) is 25.5 Å². The van der Waals surface area contributed by atoms with E-state index in [1.165, 1.54) is 12.4 Å². The van der Waals surface area contributed by atoms with Crippen molar-refractivity contribution in [1.29, 1.82) is 0 Å². The highest BCUT2D eigenvalue weighted by molar-refractivity contribution is 5.90. The van der Waals surface area contributed by atoms with E-state index in [4.69, 9.17) is 0 Å². The summed E-state index contributed by atoms with van der Waals surface area (Å²) in [4.78, 5) is 21.0. The summed E-state index contributed by atoms with van der Waals surface area (Å²) in [5.41, 5.74) is 0. The number of carbonyl (C=O) groups is 1. The normalized spacial score (nSPS) is 24.8. The molecule has 17 heavy (non-hydrogen) atoms. The predicted octanol–water partition coefficient (Wildman–Crippen LogP) is -1.55. The summed E-state index contributed by atoms with van der Waals surface area (Å²) in [6, 6.07) is 1.66. The van der Waals surface area contributed by atoms with Gasteiger partial charge in [-0.1, -0.05) is 0 Å². The number of rotatable bonds is 3. The fraction of sp³-hybridized carbons (Fsp3) is 0.500. The van der Waals surface area contributed by atoms with Gasteiger partial charge in [0.25, 0.3) is 0 Å². The van der Waals surface area contributed by atoms with Crippen LogP contribution in [0, 0.1) is 0 Å². The van der Waals surface area contributed by atoms with Gasteiger partial charge >= 0.3 is 0 Å². The fourth-order valence-electron chi connectivity index (χ4n) is 1.71. The maximum absolute atomic E-state index is 11.6. The summed E-state index contributed by atoms with van der Waals surface area (Å²) < 4.78 is 0. The van der Waals surface area contributed by atoms with E-state index in [9.17, 15) is 15.0 Å². The van der Waals surface area contributed by atoms with Crippen LogP contribution >= 0.6 is 0 Å². The summed E-state index contributed by atoms with van der Waals surface area (Å²) in [5.74, 6) is -0.0182. The number of hydrogen-bond acceptors (Lipinski definition) is 6. The molecule has 2 unspecified atom stereocenters. The van der Waals surface area contributed by atoms with Crippen molar-refractivity contribution in [2.24, 2.45) is 0 Å². The predicted molar refractivity (Wildman–Crippen MR) is 59.1 cm³/mol. The van der Waals surface area contributed by atoms with Crippen LogP contribution in [0.4, 0.5) is 5.95 Å². The SMILES string of the molecule is O=C(CN1CC(O)C(O)C1)Nc1ncccn1. The minimum Gasteiger partial charge on any atom is -0.389 e. The molecule has 1 amide bonds. The first-order valence-electron chi connectivity index (χ1n) is 5.30. The molecule has 2 heterocycles. The van der Waals surface area contributed by atoms with Crippen LogP contribution in [-0.4, -0.2) is 62.8 Å². The number of hydrogen-bond donors (Lipinski definition) is 3. The molecule has 3 N–H and O–H groups in total. The van der Waals surface area contributed by atoms with Crippen LogP contribution in [0.5, 0.6) is 0 Å². The van der Waals surface area contributed by atoms with Gasteiger partial charge in [-0.25, -0.2) is 9.97 Å². The van der Waals surface area contributed by atoms with Gasteiger partial charge in [0.05, 0.1) is 18.8 Å². The zero-order chi connectivity index (χ0) is 12.3. The molecule has 1 fully saturated rings. The molecule has 0 spiro atoms. The first-order valence-corrected chi connectivity index (χ1v) is 5.30. The first kappa shape index (κ1) is 11.9. The number of nitrogens with zero attached hydrogens (tertiary/aromatic N) is 3. The van der Waals surface area contributed by atoms with Gasteiger partial charge < -0.3 is 10.2 Å². The van der Waals surface area contributed by atoms with Gasteiger partial charge in [-0.3, -0.25) is 15.0 Å². The second kappa shape index (κ2) is 5.17. The van der Waals surface area contributed by atoms with E-state index in [0.717, 1.165) is 0 Å². The van der Waals surface area contributed by atoms with Crippen molar-refractivity contribution < 1.29 is 15.0 Å². The molecule has 7 heteroatoms. The average Bonchev–Trinajstić information content (AvgIpc) is 2.59. The van der Waals surface area contributed by atoms with Crippen LogP contribution in [0.25, 0.3) is 0 Å². The van der Waals surface area contributed by atoms with Gasteiger partial charge in [0.1, 0.15) is 0 Å². The summed E-state index contributed by atoms with van der Waals surface area (Å²) >= 11 is 0. The molecule has 2 rings (SSSR count). The molecule has 0 radical (unpaired) electrons. The van der Waals surface area contributed by atoms with Crippen molar-refractivity contribution in [3.8, 4) is 0 Å². The first-order chi connectivity index (χ1) is 8.15. The summed E-state index contributed by atoms with van der Waals surface area (Å²) in [5, 5.41) is 21.2. The third kappa shape index (κ3) is 3.19. The molecular weight excluding hydrogens is 224 g/mol. The number of β-amino-alcohol motifs (C(OH)–C–C–N with tert-alkyl or cyclic N) is 2. The smallest absolute Gasteiger partial charge is 0.240 e. The summed E-state index contributed by atoms with van der Waals surface area (Å²) in [7, 11) is 0. The van der Waals surface area contributed by atoms with Crippen molar-refractivity contribution in [2.75, 3.05) is 25.0 Å². The largest absolute Gasteiger partial charge is 0.389 e. The van der Waals surface area contributed by atoms with E-state index < -0.39 is 12.2 Å². The lowest BCUT2D eigenvalue weighted by Crippen LogP contribution is -2.32. The third-order valence-corrected chi connectivity index (χ3v) is 2.52. The minimum atomic E-state index is -0.782. The van der Waals surface area contributed by atoms with Gasteiger partial charge in [0.15, 0.2) is 0 Å². The molecule has 0 saturated carbocycles. The second-order valence-corrected chi connectivity index (χ2v) is 3.95. The molecule has 1 aromatic rings. The van der Waals surface area contributed by atoms with E-state index >= 15 is 0 Å². The Bertz CT molecular complexity index is 376. The summed E-state index contributed by atoms with van der Waals surface area (Å²) in [6.45, 7) is 0.695. The highest BCUT2D eigenvalue weighted by atomic mass is 16.3. The second-order valence-electron chi connectivity index (χ2n) is 3.95. The lowest BCUT2D eigenvalue weighted by Gasteiger charge is -2.13. The Kier molecular flexibility index (Phi) is 3.62. The topological polar surface area (TPSA) is 98.6 Å². The number of likely N-dealkylation sites (tertiary alicyclic amines) is 1. The number of aliphatic hydroxyl groups excluding tert-OH is 2. The summed E-state index contributed by atoms with van der Waals surface area (Å²) in [6.07, 6.45) is 1.50. The molecule has 1 aliphatic heterocycles. The maximum atomic E-state index is 11.6. The number of amides is 1. The number of nitrogens with one attached hydrogen (secondary N) is 1. The van der Waals surface area contributed by atoms with Crippen LogP contribution in [-0.2, 0) is 4.79 Å². The van der Waals surface area contributed by atoms with Crippen LogP contribution in [0.2, 0.25) is 0 Å². The van der Waals surface area contributed by atoms with E-state index in [0.29, 0.717) is 13.1 Å². The van der Waals surface area contributed by atoms with E-state index in [1.54, 1.807) is 11.0 Å². The van der Waals surface area contributed by atoms with Crippen LogP contribution in [0.3, 0.4) is 0 Å². The van der Waals surface area contributed by atoms with Crippen LogP contribution < -0.4 is 5.32 Å². The van der Waals surface area contributed by atoms with Gasteiger partial charge in [0.2, 0.25) is 11.9 Å². The Labute approximate surface area is 98.1 Å². The van der Waals surface area contributed by atoms with Crippen LogP contribution in [0.1, 0.15) is 0 Å². The quantitative estimate of drug-likeness (QED) is 0.590. The van der Waals surface area contributed by atoms with Crippen molar-refractivity contribution >= 4 is 11.9 Å². The molecule has 2 atom stereocenters.